The highest BCUT2D eigenvalue weighted by atomic mass is 35.5. The highest BCUT2D eigenvalue weighted by Gasteiger charge is 2.36. The van der Waals surface area contributed by atoms with E-state index >= 15 is 0 Å². The molecule has 0 saturated carbocycles. The lowest BCUT2D eigenvalue weighted by molar-refractivity contribution is -0.135. The standard InChI is InChI=1S/C15H21ClO3/c1-15(7-3-4-8-19-15)14(17)10-11-9-12(16)5-6-13(11)18-2/h5-6,9,14,17H,3-4,7-8,10H2,1-2H3. The van der Waals surface area contributed by atoms with E-state index in [0.29, 0.717) is 11.4 Å². The summed E-state index contributed by atoms with van der Waals surface area (Å²) in [6, 6.07) is 5.46. The quantitative estimate of drug-likeness (QED) is 0.923. The topological polar surface area (TPSA) is 38.7 Å². The van der Waals surface area contributed by atoms with E-state index in [9.17, 15) is 5.11 Å². The Kier molecular flexibility index (Phi) is 4.71. The second-order valence-electron chi connectivity index (χ2n) is 5.29. The van der Waals surface area contributed by atoms with Gasteiger partial charge in [-0.1, -0.05) is 11.6 Å². The molecule has 2 rings (SSSR count). The Morgan fingerprint density at radius 2 is 2.26 bits per heavy atom. The van der Waals surface area contributed by atoms with Crippen molar-refractivity contribution in [2.24, 2.45) is 0 Å². The predicted octanol–water partition coefficient (Wildman–Crippen LogP) is 3.21. The van der Waals surface area contributed by atoms with Gasteiger partial charge < -0.3 is 14.6 Å². The van der Waals surface area contributed by atoms with E-state index in [1.165, 1.54) is 0 Å². The zero-order valence-electron chi connectivity index (χ0n) is 11.5. The average Bonchev–Trinajstić information content (AvgIpc) is 2.40. The van der Waals surface area contributed by atoms with Gasteiger partial charge in [-0.2, -0.15) is 0 Å². The number of ether oxygens (including phenoxy) is 2. The Bertz CT molecular complexity index is 427. The molecule has 1 aromatic carbocycles. The second kappa shape index (κ2) is 6.12. The normalized spacial score (nSPS) is 25.1. The molecule has 0 bridgehead atoms. The Balaban J connectivity index is 2.13. The van der Waals surface area contributed by atoms with Crippen molar-refractivity contribution in [2.75, 3.05) is 13.7 Å². The molecule has 2 unspecified atom stereocenters. The number of hydrogen-bond donors (Lipinski definition) is 1. The molecule has 0 spiro atoms. The van der Waals surface area contributed by atoms with Gasteiger partial charge in [0.15, 0.2) is 0 Å². The third-order valence-corrected chi connectivity index (χ3v) is 4.10. The third kappa shape index (κ3) is 3.41. The van der Waals surface area contributed by atoms with Crippen LogP contribution >= 0.6 is 11.6 Å². The summed E-state index contributed by atoms with van der Waals surface area (Å²) in [6.45, 7) is 2.70. The molecule has 1 aliphatic heterocycles. The predicted molar refractivity (Wildman–Crippen MR) is 75.9 cm³/mol. The largest absolute Gasteiger partial charge is 0.496 e. The van der Waals surface area contributed by atoms with Crippen LogP contribution in [0.2, 0.25) is 5.02 Å². The van der Waals surface area contributed by atoms with Crippen molar-refractivity contribution in [1.82, 2.24) is 0 Å². The van der Waals surface area contributed by atoms with Gasteiger partial charge in [0.05, 0.1) is 18.8 Å². The number of aliphatic hydroxyl groups excluding tert-OH is 1. The molecule has 1 fully saturated rings. The van der Waals surface area contributed by atoms with E-state index in [0.717, 1.165) is 37.2 Å². The van der Waals surface area contributed by atoms with Crippen LogP contribution in [0.4, 0.5) is 0 Å². The molecule has 19 heavy (non-hydrogen) atoms. The van der Waals surface area contributed by atoms with E-state index in [4.69, 9.17) is 21.1 Å². The minimum absolute atomic E-state index is 0.467. The van der Waals surface area contributed by atoms with Crippen LogP contribution < -0.4 is 4.74 Å². The maximum absolute atomic E-state index is 10.5. The van der Waals surface area contributed by atoms with Crippen molar-refractivity contribution in [3.8, 4) is 5.75 Å². The molecule has 1 aromatic rings. The Labute approximate surface area is 119 Å². The Hall–Kier alpha value is -0.770. The molecular formula is C15H21ClO3. The van der Waals surface area contributed by atoms with Gasteiger partial charge in [0, 0.05) is 18.1 Å². The van der Waals surface area contributed by atoms with Gasteiger partial charge in [-0.05, 0) is 49.9 Å². The summed E-state index contributed by atoms with van der Waals surface area (Å²) >= 11 is 6.01. The number of methoxy groups -OCH3 is 1. The summed E-state index contributed by atoms with van der Waals surface area (Å²) < 4.78 is 11.1. The van der Waals surface area contributed by atoms with E-state index < -0.39 is 11.7 Å². The van der Waals surface area contributed by atoms with Crippen molar-refractivity contribution in [3.63, 3.8) is 0 Å². The molecule has 1 aliphatic rings. The van der Waals surface area contributed by atoms with E-state index in [1.807, 2.05) is 19.1 Å². The number of halogens is 1. The van der Waals surface area contributed by atoms with Crippen molar-refractivity contribution < 1.29 is 14.6 Å². The first-order valence-electron chi connectivity index (χ1n) is 6.69. The first kappa shape index (κ1) is 14.6. The number of rotatable bonds is 4. The molecule has 3 nitrogen and oxygen atoms in total. The maximum Gasteiger partial charge on any atom is 0.122 e. The first-order valence-corrected chi connectivity index (χ1v) is 7.07. The number of hydrogen-bond acceptors (Lipinski definition) is 3. The zero-order valence-corrected chi connectivity index (χ0v) is 12.2. The molecule has 0 amide bonds. The van der Waals surface area contributed by atoms with Gasteiger partial charge in [0.25, 0.3) is 0 Å². The smallest absolute Gasteiger partial charge is 0.122 e. The van der Waals surface area contributed by atoms with Gasteiger partial charge in [0.1, 0.15) is 5.75 Å². The highest BCUT2D eigenvalue weighted by molar-refractivity contribution is 6.30. The van der Waals surface area contributed by atoms with E-state index in [-0.39, 0.29) is 0 Å². The van der Waals surface area contributed by atoms with Crippen LogP contribution in [-0.4, -0.2) is 30.5 Å². The third-order valence-electron chi connectivity index (χ3n) is 3.86. The molecule has 0 aromatic heterocycles. The second-order valence-corrected chi connectivity index (χ2v) is 5.73. The lowest BCUT2D eigenvalue weighted by atomic mass is 9.86. The van der Waals surface area contributed by atoms with Crippen LogP contribution in [0.25, 0.3) is 0 Å². The van der Waals surface area contributed by atoms with Crippen molar-refractivity contribution >= 4 is 11.6 Å². The van der Waals surface area contributed by atoms with Crippen LogP contribution in [0.15, 0.2) is 18.2 Å². The number of aliphatic hydroxyl groups is 1. The highest BCUT2D eigenvalue weighted by Crippen LogP contribution is 2.32. The number of benzene rings is 1. The van der Waals surface area contributed by atoms with Gasteiger partial charge in [0.2, 0.25) is 0 Å². The summed E-state index contributed by atoms with van der Waals surface area (Å²) in [5.74, 6) is 0.753. The molecule has 1 saturated heterocycles. The summed E-state index contributed by atoms with van der Waals surface area (Å²) in [4.78, 5) is 0. The molecule has 106 valence electrons. The molecule has 0 radical (unpaired) electrons. The summed E-state index contributed by atoms with van der Waals surface area (Å²) in [6.07, 6.45) is 2.99. The van der Waals surface area contributed by atoms with Crippen LogP contribution in [0, 0.1) is 0 Å². The lowest BCUT2D eigenvalue weighted by Gasteiger charge is -2.38. The summed E-state index contributed by atoms with van der Waals surface area (Å²) in [5.41, 5.74) is 0.448. The van der Waals surface area contributed by atoms with Crippen molar-refractivity contribution in [1.29, 1.82) is 0 Å². The minimum atomic E-state index is -0.555. The van der Waals surface area contributed by atoms with Crippen LogP contribution in [-0.2, 0) is 11.2 Å². The fourth-order valence-electron chi connectivity index (χ4n) is 2.55. The molecule has 1 N–H and O–H groups in total. The van der Waals surface area contributed by atoms with Gasteiger partial charge in [-0.3, -0.25) is 0 Å². The van der Waals surface area contributed by atoms with Crippen molar-refractivity contribution in [3.05, 3.63) is 28.8 Å². The Morgan fingerprint density at radius 1 is 1.47 bits per heavy atom. The maximum atomic E-state index is 10.5. The van der Waals surface area contributed by atoms with Crippen LogP contribution in [0.3, 0.4) is 0 Å². The zero-order chi connectivity index (χ0) is 13.9. The fraction of sp³-hybridized carbons (Fsp3) is 0.600. The molecule has 0 aliphatic carbocycles. The van der Waals surface area contributed by atoms with Crippen molar-refractivity contribution in [2.45, 2.75) is 44.3 Å². The average molecular weight is 285 g/mol. The Morgan fingerprint density at radius 3 is 2.89 bits per heavy atom. The lowest BCUT2D eigenvalue weighted by Crippen LogP contribution is -2.45. The summed E-state index contributed by atoms with van der Waals surface area (Å²) in [7, 11) is 1.62. The molecular weight excluding hydrogens is 264 g/mol. The van der Waals surface area contributed by atoms with E-state index in [1.54, 1.807) is 13.2 Å². The summed E-state index contributed by atoms with van der Waals surface area (Å²) in [5, 5.41) is 11.1. The first-order chi connectivity index (χ1) is 9.05. The molecule has 4 heteroatoms. The fourth-order valence-corrected chi connectivity index (χ4v) is 2.74. The van der Waals surface area contributed by atoms with Gasteiger partial charge >= 0.3 is 0 Å². The molecule has 2 atom stereocenters. The van der Waals surface area contributed by atoms with E-state index in [2.05, 4.69) is 0 Å². The van der Waals surface area contributed by atoms with Gasteiger partial charge in [-0.25, -0.2) is 0 Å². The van der Waals surface area contributed by atoms with Crippen LogP contribution in [0.5, 0.6) is 5.75 Å². The minimum Gasteiger partial charge on any atom is -0.496 e. The monoisotopic (exact) mass is 284 g/mol. The van der Waals surface area contributed by atoms with Gasteiger partial charge in [-0.15, -0.1) is 0 Å². The molecule has 1 heterocycles. The SMILES string of the molecule is COc1ccc(Cl)cc1CC(O)C1(C)CCCCO1. The van der Waals surface area contributed by atoms with Crippen LogP contribution in [0.1, 0.15) is 31.7 Å².